The fraction of sp³-hybridized carbons (Fsp3) is 0.400. The molecule has 110 valence electrons. The number of aromatic nitrogens is 3. The standard InChI is InChI=1S/C15H19N5O/c1-10-8-16-9-12(10)15(21)19-13-4-3-5-18-14(13)20-7-6-17-11(20)2/h3-7,10,12,16H,8-9H2,1-2H3,(H,19,21). The van der Waals surface area contributed by atoms with Crippen LogP contribution in [0.25, 0.3) is 5.82 Å². The summed E-state index contributed by atoms with van der Waals surface area (Å²) < 4.78 is 1.87. The van der Waals surface area contributed by atoms with Gasteiger partial charge in [-0.3, -0.25) is 9.36 Å². The van der Waals surface area contributed by atoms with Gasteiger partial charge in [-0.25, -0.2) is 9.97 Å². The van der Waals surface area contributed by atoms with Crippen LogP contribution in [0.2, 0.25) is 0 Å². The summed E-state index contributed by atoms with van der Waals surface area (Å²) in [5.41, 5.74) is 0.711. The number of aryl methyl sites for hydroxylation is 1. The fourth-order valence-electron chi connectivity index (χ4n) is 2.67. The molecular weight excluding hydrogens is 266 g/mol. The van der Waals surface area contributed by atoms with Crippen LogP contribution in [0, 0.1) is 18.8 Å². The minimum Gasteiger partial charge on any atom is -0.323 e. The average molecular weight is 285 g/mol. The van der Waals surface area contributed by atoms with Crippen LogP contribution in [0.5, 0.6) is 0 Å². The monoisotopic (exact) mass is 285 g/mol. The van der Waals surface area contributed by atoms with Gasteiger partial charge in [0.05, 0.1) is 11.6 Å². The van der Waals surface area contributed by atoms with Gasteiger partial charge >= 0.3 is 0 Å². The Bertz CT molecular complexity index is 651. The molecule has 3 rings (SSSR count). The van der Waals surface area contributed by atoms with Gasteiger partial charge in [0.1, 0.15) is 5.82 Å². The molecule has 1 amide bonds. The molecule has 2 unspecified atom stereocenters. The van der Waals surface area contributed by atoms with E-state index >= 15 is 0 Å². The van der Waals surface area contributed by atoms with E-state index in [-0.39, 0.29) is 11.8 Å². The molecule has 0 spiro atoms. The van der Waals surface area contributed by atoms with Gasteiger partial charge in [-0.2, -0.15) is 0 Å². The van der Waals surface area contributed by atoms with Crippen LogP contribution in [0.4, 0.5) is 5.69 Å². The van der Waals surface area contributed by atoms with Gasteiger partial charge in [-0.1, -0.05) is 6.92 Å². The highest BCUT2D eigenvalue weighted by Gasteiger charge is 2.30. The Morgan fingerprint density at radius 2 is 2.24 bits per heavy atom. The molecule has 0 aliphatic carbocycles. The second-order valence-corrected chi connectivity index (χ2v) is 5.45. The first kappa shape index (κ1) is 13.8. The van der Waals surface area contributed by atoms with Crippen LogP contribution in [-0.2, 0) is 4.79 Å². The number of hydrogen-bond donors (Lipinski definition) is 2. The molecule has 0 radical (unpaired) electrons. The van der Waals surface area contributed by atoms with Gasteiger partial charge in [0.25, 0.3) is 0 Å². The highest BCUT2D eigenvalue weighted by atomic mass is 16.2. The molecule has 2 N–H and O–H groups in total. The number of hydrogen-bond acceptors (Lipinski definition) is 4. The van der Waals surface area contributed by atoms with Crippen molar-refractivity contribution in [3.05, 3.63) is 36.5 Å². The number of carbonyl (C=O) groups is 1. The Morgan fingerprint density at radius 3 is 2.90 bits per heavy atom. The summed E-state index contributed by atoms with van der Waals surface area (Å²) in [6.07, 6.45) is 5.27. The van der Waals surface area contributed by atoms with Crippen molar-refractivity contribution in [2.75, 3.05) is 18.4 Å². The van der Waals surface area contributed by atoms with E-state index in [1.54, 1.807) is 12.4 Å². The predicted molar refractivity (Wildman–Crippen MR) is 80.2 cm³/mol. The van der Waals surface area contributed by atoms with Gasteiger partial charge in [0.2, 0.25) is 5.91 Å². The van der Waals surface area contributed by atoms with Gasteiger partial charge in [0.15, 0.2) is 5.82 Å². The number of anilines is 1. The number of rotatable bonds is 3. The average Bonchev–Trinajstić information content (AvgIpc) is 3.08. The maximum atomic E-state index is 12.4. The summed E-state index contributed by atoms with van der Waals surface area (Å²) in [4.78, 5) is 21.0. The zero-order valence-corrected chi connectivity index (χ0v) is 12.2. The van der Waals surface area contributed by atoms with Crippen LogP contribution in [0.3, 0.4) is 0 Å². The van der Waals surface area contributed by atoms with E-state index in [0.29, 0.717) is 17.4 Å². The molecule has 1 fully saturated rings. The van der Waals surface area contributed by atoms with Crippen molar-refractivity contribution in [2.45, 2.75) is 13.8 Å². The maximum absolute atomic E-state index is 12.4. The topological polar surface area (TPSA) is 71.8 Å². The lowest BCUT2D eigenvalue weighted by Crippen LogP contribution is -2.28. The number of imidazole rings is 1. The summed E-state index contributed by atoms with van der Waals surface area (Å²) >= 11 is 0. The van der Waals surface area contributed by atoms with Crippen LogP contribution < -0.4 is 10.6 Å². The lowest BCUT2D eigenvalue weighted by atomic mass is 9.97. The molecule has 1 aliphatic heterocycles. The first-order valence-electron chi connectivity index (χ1n) is 7.13. The zero-order valence-electron chi connectivity index (χ0n) is 12.2. The maximum Gasteiger partial charge on any atom is 0.229 e. The van der Waals surface area contributed by atoms with Crippen LogP contribution in [0.15, 0.2) is 30.7 Å². The highest BCUT2D eigenvalue weighted by Crippen LogP contribution is 2.22. The third-order valence-electron chi connectivity index (χ3n) is 3.95. The molecule has 3 heterocycles. The first-order chi connectivity index (χ1) is 10.2. The first-order valence-corrected chi connectivity index (χ1v) is 7.13. The number of amides is 1. The van der Waals surface area contributed by atoms with E-state index in [1.807, 2.05) is 29.8 Å². The van der Waals surface area contributed by atoms with Crippen molar-refractivity contribution < 1.29 is 4.79 Å². The minimum atomic E-state index is 0.00180. The Hall–Kier alpha value is -2.21. The third kappa shape index (κ3) is 2.67. The van der Waals surface area contributed by atoms with Crippen molar-refractivity contribution in [2.24, 2.45) is 11.8 Å². The Morgan fingerprint density at radius 1 is 1.38 bits per heavy atom. The van der Waals surface area contributed by atoms with E-state index < -0.39 is 0 Å². The van der Waals surface area contributed by atoms with Crippen molar-refractivity contribution in [3.8, 4) is 5.82 Å². The van der Waals surface area contributed by atoms with E-state index in [0.717, 1.165) is 18.9 Å². The van der Waals surface area contributed by atoms with E-state index in [2.05, 4.69) is 27.5 Å². The summed E-state index contributed by atoms with van der Waals surface area (Å²) in [6.45, 7) is 5.61. The van der Waals surface area contributed by atoms with Gasteiger partial charge < -0.3 is 10.6 Å². The Kier molecular flexibility index (Phi) is 3.70. The second-order valence-electron chi connectivity index (χ2n) is 5.45. The van der Waals surface area contributed by atoms with Crippen molar-refractivity contribution >= 4 is 11.6 Å². The quantitative estimate of drug-likeness (QED) is 0.893. The fourth-order valence-corrected chi connectivity index (χ4v) is 2.67. The smallest absolute Gasteiger partial charge is 0.229 e. The van der Waals surface area contributed by atoms with Gasteiger partial charge in [0, 0.05) is 25.1 Å². The molecule has 0 saturated carbocycles. The molecule has 6 heteroatoms. The molecular formula is C15H19N5O. The Labute approximate surface area is 123 Å². The highest BCUT2D eigenvalue weighted by molar-refractivity contribution is 5.94. The van der Waals surface area contributed by atoms with Crippen LogP contribution in [-0.4, -0.2) is 33.5 Å². The number of pyridine rings is 1. The molecule has 2 atom stereocenters. The van der Waals surface area contributed by atoms with Gasteiger partial charge in [-0.05, 0) is 31.5 Å². The van der Waals surface area contributed by atoms with Crippen molar-refractivity contribution in [1.82, 2.24) is 19.9 Å². The van der Waals surface area contributed by atoms with Crippen molar-refractivity contribution in [1.29, 1.82) is 0 Å². The van der Waals surface area contributed by atoms with E-state index in [4.69, 9.17) is 0 Å². The summed E-state index contributed by atoms with van der Waals surface area (Å²) in [6, 6.07) is 3.69. The van der Waals surface area contributed by atoms with Crippen molar-refractivity contribution in [3.63, 3.8) is 0 Å². The van der Waals surface area contributed by atoms with Gasteiger partial charge in [-0.15, -0.1) is 0 Å². The van der Waals surface area contributed by atoms with E-state index in [9.17, 15) is 4.79 Å². The number of nitrogens with one attached hydrogen (secondary N) is 2. The minimum absolute atomic E-state index is 0.00180. The van der Waals surface area contributed by atoms with Crippen LogP contribution >= 0.6 is 0 Å². The number of nitrogens with zero attached hydrogens (tertiary/aromatic N) is 3. The largest absolute Gasteiger partial charge is 0.323 e. The SMILES string of the molecule is Cc1nccn1-c1ncccc1NC(=O)C1CNCC1C. The summed E-state index contributed by atoms with van der Waals surface area (Å²) in [7, 11) is 0. The third-order valence-corrected chi connectivity index (χ3v) is 3.95. The summed E-state index contributed by atoms with van der Waals surface area (Å²) in [5.74, 6) is 1.92. The lowest BCUT2D eigenvalue weighted by molar-refractivity contribution is -0.120. The Balaban J connectivity index is 1.86. The molecule has 2 aromatic heterocycles. The molecule has 1 saturated heterocycles. The normalized spacial score (nSPS) is 21.4. The summed E-state index contributed by atoms with van der Waals surface area (Å²) in [5, 5.41) is 6.26. The molecule has 0 bridgehead atoms. The number of carbonyl (C=O) groups excluding carboxylic acids is 1. The predicted octanol–water partition coefficient (Wildman–Crippen LogP) is 1.37. The zero-order chi connectivity index (χ0) is 14.8. The molecule has 2 aromatic rings. The molecule has 21 heavy (non-hydrogen) atoms. The molecule has 0 aromatic carbocycles. The lowest BCUT2D eigenvalue weighted by Gasteiger charge is -2.16. The van der Waals surface area contributed by atoms with Crippen LogP contribution in [0.1, 0.15) is 12.7 Å². The van der Waals surface area contributed by atoms with E-state index in [1.165, 1.54) is 0 Å². The second kappa shape index (κ2) is 5.65. The molecule has 1 aliphatic rings. The molecule has 6 nitrogen and oxygen atoms in total.